The molecule has 0 saturated carbocycles. The lowest BCUT2D eigenvalue weighted by Gasteiger charge is -2.39. The molecule has 2 amide bonds. The van der Waals surface area contributed by atoms with Crippen molar-refractivity contribution in [2.75, 3.05) is 39.3 Å². The van der Waals surface area contributed by atoms with E-state index in [9.17, 15) is 9.59 Å². The summed E-state index contributed by atoms with van der Waals surface area (Å²) in [5.41, 5.74) is -0.505. The van der Waals surface area contributed by atoms with Crippen LogP contribution in [0.3, 0.4) is 0 Å². The normalized spacial score (nSPS) is 33.0. The number of amides is 2. The molecule has 0 aromatic carbocycles. The summed E-state index contributed by atoms with van der Waals surface area (Å²) in [6.45, 7) is 9.38. The summed E-state index contributed by atoms with van der Waals surface area (Å²) in [5, 5.41) is 3.34. The second-order valence-electron chi connectivity index (χ2n) is 8.47. The highest BCUT2D eigenvalue weighted by molar-refractivity contribution is 5.89. The largest absolute Gasteiger partial charge is 0.342 e. The molecule has 3 unspecified atom stereocenters. The molecule has 0 radical (unpaired) electrons. The van der Waals surface area contributed by atoms with Crippen molar-refractivity contribution >= 4 is 24.2 Å². The van der Waals surface area contributed by atoms with Gasteiger partial charge in [0.15, 0.2) is 0 Å². The van der Waals surface area contributed by atoms with E-state index in [0.29, 0.717) is 24.8 Å². The van der Waals surface area contributed by atoms with Gasteiger partial charge in [-0.1, -0.05) is 13.8 Å². The number of rotatable bonds is 3. The monoisotopic (exact) mass is 371 g/mol. The number of nitrogens with zero attached hydrogens (tertiary/aromatic N) is 2. The molecule has 3 rings (SSSR count). The zero-order valence-electron chi connectivity index (χ0n) is 15.8. The first-order chi connectivity index (χ1) is 11.5. The van der Waals surface area contributed by atoms with Gasteiger partial charge in [0, 0.05) is 39.1 Å². The summed E-state index contributed by atoms with van der Waals surface area (Å²) in [6, 6.07) is 0. The van der Waals surface area contributed by atoms with Crippen LogP contribution in [0.25, 0.3) is 0 Å². The summed E-state index contributed by atoms with van der Waals surface area (Å²) in [4.78, 5) is 30.2. The lowest BCUT2D eigenvalue weighted by atomic mass is 9.80. The van der Waals surface area contributed by atoms with Crippen LogP contribution in [0.15, 0.2) is 0 Å². The molecule has 0 spiro atoms. The highest BCUT2D eigenvalue weighted by atomic mass is 35.5. The number of hydrogen-bond donors (Lipinski definition) is 1. The molecular weight excluding hydrogens is 338 g/mol. The fourth-order valence-corrected chi connectivity index (χ4v) is 4.68. The minimum atomic E-state index is -0.505. The lowest BCUT2D eigenvalue weighted by molar-refractivity contribution is -0.149. The minimum absolute atomic E-state index is 0. The molecule has 0 aliphatic carbocycles. The first-order valence-corrected chi connectivity index (χ1v) is 9.78. The number of halogens is 1. The highest BCUT2D eigenvalue weighted by Crippen LogP contribution is 2.35. The van der Waals surface area contributed by atoms with Crippen molar-refractivity contribution in [1.82, 2.24) is 15.1 Å². The van der Waals surface area contributed by atoms with E-state index in [-0.39, 0.29) is 24.2 Å². The van der Waals surface area contributed by atoms with Crippen LogP contribution < -0.4 is 5.32 Å². The Morgan fingerprint density at radius 1 is 1.04 bits per heavy atom. The molecule has 144 valence electrons. The Kier molecular flexibility index (Phi) is 7.15. The van der Waals surface area contributed by atoms with Crippen molar-refractivity contribution in [2.45, 2.75) is 52.4 Å². The number of likely N-dealkylation sites (tertiary alicyclic amines) is 2. The second kappa shape index (κ2) is 8.72. The van der Waals surface area contributed by atoms with Gasteiger partial charge in [0.05, 0.1) is 5.41 Å². The van der Waals surface area contributed by atoms with Crippen molar-refractivity contribution in [3.05, 3.63) is 0 Å². The lowest BCUT2D eigenvalue weighted by Crippen LogP contribution is -2.51. The Labute approximate surface area is 158 Å². The maximum absolute atomic E-state index is 13.3. The third-order valence-electron chi connectivity index (χ3n) is 6.14. The Balaban J connectivity index is 0.00000225. The van der Waals surface area contributed by atoms with E-state index >= 15 is 0 Å². The standard InChI is InChI=1S/C19H33N3O2.ClH/c1-15-5-3-9-21(12-15)17(23)11-19(7-8-20-14-19)18(24)22-10-4-6-16(2)13-22;/h15-16,20H,3-14H2,1-2H3;1H. The predicted molar refractivity (Wildman–Crippen MR) is 102 cm³/mol. The van der Waals surface area contributed by atoms with E-state index in [1.54, 1.807) is 0 Å². The van der Waals surface area contributed by atoms with Gasteiger partial charge < -0.3 is 15.1 Å². The predicted octanol–water partition coefficient (Wildman–Crippen LogP) is 2.30. The van der Waals surface area contributed by atoms with Gasteiger partial charge in [-0.15, -0.1) is 12.4 Å². The molecule has 0 aromatic heterocycles. The number of carbonyl (C=O) groups excluding carboxylic acids is 2. The molecule has 3 aliphatic rings. The van der Waals surface area contributed by atoms with Gasteiger partial charge in [-0.3, -0.25) is 9.59 Å². The molecular formula is C19H34ClN3O2. The number of piperidine rings is 2. The van der Waals surface area contributed by atoms with Crippen LogP contribution in [0, 0.1) is 17.3 Å². The summed E-state index contributed by atoms with van der Waals surface area (Å²) >= 11 is 0. The van der Waals surface area contributed by atoms with Crippen molar-refractivity contribution in [2.24, 2.45) is 17.3 Å². The van der Waals surface area contributed by atoms with E-state index in [4.69, 9.17) is 0 Å². The van der Waals surface area contributed by atoms with Crippen LogP contribution >= 0.6 is 12.4 Å². The van der Waals surface area contributed by atoms with E-state index in [1.807, 2.05) is 9.80 Å². The van der Waals surface area contributed by atoms with Gasteiger partial charge >= 0.3 is 0 Å². The zero-order chi connectivity index (χ0) is 17.2. The van der Waals surface area contributed by atoms with Gasteiger partial charge in [0.25, 0.3) is 0 Å². The van der Waals surface area contributed by atoms with Crippen molar-refractivity contribution < 1.29 is 9.59 Å². The molecule has 3 heterocycles. The number of nitrogens with one attached hydrogen (secondary N) is 1. The van der Waals surface area contributed by atoms with E-state index in [2.05, 4.69) is 19.2 Å². The van der Waals surface area contributed by atoms with Crippen molar-refractivity contribution in [3.8, 4) is 0 Å². The van der Waals surface area contributed by atoms with Crippen LogP contribution in [-0.4, -0.2) is 60.9 Å². The average molecular weight is 372 g/mol. The number of hydrogen-bond acceptors (Lipinski definition) is 3. The summed E-state index contributed by atoms with van der Waals surface area (Å²) < 4.78 is 0. The maximum atomic E-state index is 13.3. The molecule has 3 atom stereocenters. The fraction of sp³-hybridized carbons (Fsp3) is 0.895. The van der Waals surface area contributed by atoms with Crippen LogP contribution in [-0.2, 0) is 9.59 Å². The Morgan fingerprint density at radius 3 is 2.20 bits per heavy atom. The first kappa shape index (κ1) is 20.5. The maximum Gasteiger partial charge on any atom is 0.230 e. The fourth-order valence-electron chi connectivity index (χ4n) is 4.68. The Morgan fingerprint density at radius 2 is 1.64 bits per heavy atom. The molecule has 0 aromatic rings. The summed E-state index contributed by atoms with van der Waals surface area (Å²) in [7, 11) is 0. The third-order valence-corrected chi connectivity index (χ3v) is 6.14. The van der Waals surface area contributed by atoms with Crippen LogP contribution in [0.1, 0.15) is 52.4 Å². The summed E-state index contributed by atoms with van der Waals surface area (Å²) in [5.74, 6) is 1.56. The van der Waals surface area contributed by atoms with Crippen molar-refractivity contribution in [1.29, 1.82) is 0 Å². The Bertz CT molecular complexity index is 479. The second-order valence-corrected chi connectivity index (χ2v) is 8.47. The Hall–Kier alpha value is -0.810. The van der Waals surface area contributed by atoms with Crippen LogP contribution in [0.4, 0.5) is 0 Å². The quantitative estimate of drug-likeness (QED) is 0.828. The molecule has 3 fully saturated rings. The minimum Gasteiger partial charge on any atom is -0.342 e. The van der Waals surface area contributed by atoms with E-state index in [1.165, 1.54) is 12.8 Å². The smallest absolute Gasteiger partial charge is 0.230 e. The topological polar surface area (TPSA) is 52.7 Å². The van der Waals surface area contributed by atoms with Crippen LogP contribution in [0.2, 0.25) is 0 Å². The van der Waals surface area contributed by atoms with Gasteiger partial charge in [-0.05, 0) is 50.5 Å². The number of carbonyl (C=O) groups is 2. The van der Waals surface area contributed by atoms with Gasteiger partial charge in [-0.2, -0.15) is 0 Å². The van der Waals surface area contributed by atoms with Gasteiger partial charge in [-0.25, -0.2) is 0 Å². The first-order valence-electron chi connectivity index (χ1n) is 9.78. The van der Waals surface area contributed by atoms with Gasteiger partial charge in [0.2, 0.25) is 11.8 Å². The molecule has 6 heteroatoms. The molecule has 0 bridgehead atoms. The summed E-state index contributed by atoms with van der Waals surface area (Å²) in [6.07, 6.45) is 5.78. The third kappa shape index (κ3) is 4.68. The SMILES string of the molecule is CC1CCCN(C(=O)CC2(C(=O)N3CCCC(C)C3)CCNC2)C1.Cl. The molecule has 1 N–H and O–H groups in total. The molecule has 25 heavy (non-hydrogen) atoms. The molecule has 3 aliphatic heterocycles. The van der Waals surface area contributed by atoms with E-state index in [0.717, 1.165) is 52.0 Å². The molecule has 5 nitrogen and oxygen atoms in total. The van der Waals surface area contributed by atoms with Crippen LogP contribution in [0.5, 0.6) is 0 Å². The molecule has 3 saturated heterocycles. The van der Waals surface area contributed by atoms with Crippen molar-refractivity contribution in [3.63, 3.8) is 0 Å². The zero-order valence-corrected chi connectivity index (χ0v) is 16.6. The average Bonchev–Trinajstić information content (AvgIpc) is 3.04. The van der Waals surface area contributed by atoms with Gasteiger partial charge in [0.1, 0.15) is 0 Å². The van der Waals surface area contributed by atoms with E-state index < -0.39 is 5.41 Å². The highest BCUT2D eigenvalue weighted by Gasteiger charge is 2.46.